The summed E-state index contributed by atoms with van der Waals surface area (Å²) < 4.78 is 20.8. The van der Waals surface area contributed by atoms with Gasteiger partial charge in [0.1, 0.15) is 11.6 Å². The van der Waals surface area contributed by atoms with Crippen molar-refractivity contribution in [2.24, 2.45) is 4.99 Å². The molecule has 0 fully saturated rings. The van der Waals surface area contributed by atoms with Crippen LogP contribution in [0.2, 0.25) is 0 Å². The third kappa shape index (κ3) is 5.13. The van der Waals surface area contributed by atoms with Gasteiger partial charge < -0.3 is 15.4 Å². The summed E-state index contributed by atoms with van der Waals surface area (Å²) in [6.07, 6.45) is 1.91. The summed E-state index contributed by atoms with van der Waals surface area (Å²) >= 11 is 0. The summed E-state index contributed by atoms with van der Waals surface area (Å²) in [7, 11) is 3.34. The molecule has 0 aliphatic heterocycles. The van der Waals surface area contributed by atoms with E-state index in [2.05, 4.69) is 20.7 Å². The Morgan fingerprint density at radius 1 is 1.21 bits per heavy atom. The third-order valence-electron chi connectivity index (χ3n) is 4.69. The molecule has 0 aliphatic rings. The zero-order chi connectivity index (χ0) is 20.8. The number of rotatable bonds is 6. The Kier molecular flexibility index (Phi) is 6.49. The number of hydrogen-bond donors (Lipinski definition) is 2. The van der Waals surface area contributed by atoms with E-state index in [-0.39, 0.29) is 11.9 Å². The van der Waals surface area contributed by atoms with E-state index < -0.39 is 0 Å². The van der Waals surface area contributed by atoms with E-state index in [1.807, 2.05) is 54.2 Å². The molecule has 3 aromatic rings. The predicted molar refractivity (Wildman–Crippen MR) is 113 cm³/mol. The molecule has 29 heavy (non-hydrogen) atoms. The molecule has 0 amide bonds. The average Bonchev–Trinajstić information content (AvgIpc) is 3.22. The van der Waals surface area contributed by atoms with E-state index in [1.54, 1.807) is 33.2 Å². The van der Waals surface area contributed by atoms with Gasteiger partial charge in [-0.05, 0) is 61.4 Å². The maximum Gasteiger partial charge on any atom is 0.191 e. The van der Waals surface area contributed by atoms with Gasteiger partial charge in [-0.1, -0.05) is 12.1 Å². The second-order valence-corrected chi connectivity index (χ2v) is 6.75. The molecule has 0 spiro atoms. The number of ether oxygens (including phenoxy) is 1. The molecule has 3 rings (SSSR count). The number of aromatic nitrogens is 2. The van der Waals surface area contributed by atoms with Crippen LogP contribution in [-0.2, 0) is 6.54 Å². The first kappa shape index (κ1) is 20.4. The molecular formula is C22H26FN5O. The van der Waals surface area contributed by atoms with Crippen LogP contribution in [0.15, 0.2) is 59.7 Å². The molecule has 0 saturated heterocycles. The van der Waals surface area contributed by atoms with Gasteiger partial charge in [-0.15, -0.1) is 0 Å². The number of hydrogen-bond acceptors (Lipinski definition) is 3. The van der Waals surface area contributed by atoms with Crippen LogP contribution in [0.25, 0.3) is 5.69 Å². The van der Waals surface area contributed by atoms with Crippen molar-refractivity contribution in [1.82, 2.24) is 20.4 Å². The van der Waals surface area contributed by atoms with Crippen molar-refractivity contribution in [1.29, 1.82) is 0 Å². The van der Waals surface area contributed by atoms with Crippen LogP contribution in [0.1, 0.15) is 29.8 Å². The zero-order valence-corrected chi connectivity index (χ0v) is 17.1. The number of benzene rings is 2. The Balaban J connectivity index is 1.59. The van der Waals surface area contributed by atoms with Crippen LogP contribution in [0.4, 0.5) is 4.39 Å². The molecule has 2 N–H and O–H groups in total. The quantitative estimate of drug-likeness (QED) is 0.493. The molecule has 2 aromatic carbocycles. The Morgan fingerprint density at radius 2 is 1.97 bits per heavy atom. The first-order valence-electron chi connectivity index (χ1n) is 9.42. The van der Waals surface area contributed by atoms with Crippen LogP contribution in [-0.4, -0.2) is 29.9 Å². The summed E-state index contributed by atoms with van der Waals surface area (Å²) in [6, 6.07) is 14.8. The monoisotopic (exact) mass is 395 g/mol. The lowest BCUT2D eigenvalue weighted by Gasteiger charge is -2.18. The summed E-state index contributed by atoms with van der Waals surface area (Å²) in [6.45, 7) is 4.23. The highest BCUT2D eigenvalue weighted by molar-refractivity contribution is 5.80. The minimum absolute atomic E-state index is 0.0897. The molecule has 0 radical (unpaired) electrons. The highest BCUT2D eigenvalue weighted by atomic mass is 19.1. The Labute approximate surface area is 170 Å². The first-order valence-corrected chi connectivity index (χ1v) is 9.42. The minimum Gasteiger partial charge on any atom is -0.497 e. The number of guanidine groups is 1. The van der Waals surface area contributed by atoms with Gasteiger partial charge in [-0.25, -0.2) is 9.07 Å². The van der Waals surface area contributed by atoms with Crippen molar-refractivity contribution in [2.45, 2.75) is 26.4 Å². The second-order valence-electron chi connectivity index (χ2n) is 6.75. The van der Waals surface area contributed by atoms with Gasteiger partial charge in [-0.2, -0.15) is 5.10 Å². The topological polar surface area (TPSA) is 63.5 Å². The summed E-state index contributed by atoms with van der Waals surface area (Å²) in [4.78, 5) is 4.24. The lowest BCUT2D eigenvalue weighted by Crippen LogP contribution is -2.38. The van der Waals surface area contributed by atoms with Crippen LogP contribution in [0, 0.1) is 12.7 Å². The largest absolute Gasteiger partial charge is 0.497 e. The van der Waals surface area contributed by atoms with Crippen molar-refractivity contribution in [2.75, 3.05) is 14.2 Å². The number of halogens is 1. The van der Waals surface area contributed by atoms with Crippen LogP contribution < -0.4 is 15.4 Å². The Morgan fingerprint density at radius 3 is 2.62 bits per heavy atom. The fraction of sp³-hybridized carbons (Fsp3) is 0.273. The van der Waals surface area contributed by atoms with E-state index in [0.717, 1.165) is 22.7 Å². The van der Waals surface area contributed by atoms with Gasteiger partial charge in [-0.3, -0.25) is 4.99 Å². The van der Waals surface area contributed by atoms with E-state index in [4.69, 9.17) is 4.74 Å². The lowest BCUT2D eigenvalue weighted by atomic mass is 10.1. The normalized spacial score (nSPS) is 12.5. The van der Waals surface area contributed by atoms with Crippen LogP contribution >= 0.6 is 0 Å². The Bertz CT molecular complexity index is 981. The SMILES string of the molecule is CN=C(NCc1ccn(-c2ccc(OC)cc2)n1)NC(C)c1ccc(C)c(F)c1. The number of nitrogens with one attached hydrogen (secondary N) is 2. The highest BCUT2D eigenvalue weighted by Gasteiger charge is 2.10. The Hall–Kier alpha value is -3.35. The van der Waals surface area contributed by atoms with Gasteiger partial charge in [0.2, 0.25) is 0 Å². The maximum atomic E-state index is 13.8. The molecule has 0 aliphatic carbocycles. The smallest absolute Gasteiger partial charge is 0.191 e. The maximum absolute atomic E-state index is 13.8. The van der Waals surface area contributed by atoms with Gasteiger partial charge >= 0.3 is 0 Å². The van der Waals surface area contributed by atoms with Gasteiger partial charge in [0.05, 0.1) is 31.1 Å². The van der Waals surface area contributed by atoms with Crippen LogP contribution in [0.3, 0.4) is 0 Å². The summed E-state index contributed by atoms with van der Waals surface area (Å²) in [5.41, 5.74) is 3.32. The van der Waals surface area contributed by atoms with E-state index >= 15 is 0 Å². The summed E-state index contributed by atoms with van der Waals surface area (Å²) in [5.74, 6) is 1.22. The molecule has 0 saturated carbocycles. The predicted octanol–water partition coefficient (Wildman–Crippen LogP) is 3.75. The molecule has 0 bridgehead atoms. The minimum atomic E-state index is -0.205. The number of methoxy groups -OCH3 is 1. The fourth-order valence-corrected chi connectivity index (χ4v) is 2.87. The van der Waals surface area contributed by atoms with Gasteiger partial charge in [0, 0.05) is 13.2 Å². The van der Waals surface area contributed by atoms with Crippen molar-refractivity contribution in [3.05, 3.63) is 77.4 Å². The average molecular weight is 395 g/mol. The number of aryl methyl sites for hydroxylation is 1. The van der Waals surface area contributed by atoms with Crippen molar-refractivity contribution in [3.63, 3.8) is 0 Å². The molecule has 1 heterocycles. The molecule has 152 valence electrons. The van der Waals surface area contributed by atoms with Crippen molar-refractivity contribution in [3.8, 4) is 11.4 Å². The van der Waals surface area contributed by atoms with Crippen LogP contribution in [0.5, 0.6) is 5.75 Å². The molecule has 1 atom stereocenters. The first-order chi connectivity index (χ1) is 14.0. The number of aliphatic imine (C=N–C) groups is 1. The van der Waals surface area contributed by atoms with E-state index in [9.17, 15) is 4.39 Å². The third-order valence-corrected chi connectivity index (χ3v) is 4.69. The highest BCUT2D eigenvalue weighted by Crippen LogP contribution is 2.16. The lowest BCUT2D eigenvalue weighted by molar-refractivity contribution is 0.414. The van der Waals surface area contributed by atoms with Gasteiger partial charge in [0.15, 0.2) is 5.96 Å². The molecular weight excluding hydrogens is 369 g/mol. The van der Waals surface area contributed by atoms with E-state index in [1.165, 1.54) is 0 Å². The molecule has 7 heteroatoms. The number of nitrogens with zero attached hydrogens (tertiary/aromatic N) is 3. The van der Waals surface area contributed by atoms with Gasteiger partial charge in [0.25, 0.3) is 0 Å². The summed E-state index contributed by atoms with van der Waals surface area (Å²) in [5, 5.41) is 11.1. The molecule has 1 unspecified atom stereocenters. The fourth-order valence-electron chi connectivity index (χ4n) is 2.87. The molecule has 6 nitrogen and oxygen atoms in total. The second kappa shape index (κ2) is 9.23. The van der Waals surface area contributed by atoms with Crippen molar-refractivity contribution >= 4 is 5.96 Å². The van der Waals surface area contributed by atoms with E-state index in [0.29, 0.717) is 18.1 Å². The zero-order valence-electron chi connectivity index (χ0n) is 17.1. The van der Waals surface area contributed by atoms with Crippen molar-refractivity contribution < 1.29 is 9.13 Å². The molecule has 1 aromatic heterocycles. The standard InChI is InChI=1S/C22H26FN5O/c1-15-5-6-17(13-21(15)23)16(2)26-22(24-3)25-14-18-11-12-28(27-18)19-7-9-20(29-4)10-8-19/h5-13,16H,14H2,1-4H3,(H2,24,25,26).